The van der Waals surface area contributed by atoms with Crippen LogP contribution in [0.25, 0.3) is 0 Å². The topological polar surface area (TPSA) is 61.8 Å². The van der Waals surface area contributed by atoms with Crippen molar-refractivity contribution in [3.05, 3.63) is 59.2 Å². The van der Waals surface area contributed by atoms with Gasteiger partial charge in [-0.05, 0) is 29.8 Å². The Morgan fingerprint density at radius 3 is 2.32 bits per heavy atom. The molecular weight excluding hydrogens is 284 g/mol. The van der Waals surface area contributed by atoms with Gasteiger partial charge in [0.25, 0.3) is 0 Å². The first-order valence-corrected chi connectivity index (χ1v) is 6.61. The van der Waals surface area contributed by atoms with Gasteiger partial charge >= 0.3 is 5.97 Å². The molecule has 0 saturated heterocycles. The number of aldehydes is 1. The van der Waals surface area contributed by atoms with Crippen LogP contribution in [0.5, 0.6) is 11.5 Å². The van der Waals surface area contributed by atoms with E-state index in [2.05, 4.69) is 4.74 Å². The summed E-state index contributed by atoms with van der Waals surface area (Å²) in [6.45, 7) is 0.273. The van der Waals surface area contributed by atoms with E-state index in [1.165, 1.54) is 14.2 Å². The lowest BCUT2D eigenvalue weighted by molar-refractivity contribution is 0.0600. The highest BCUT2D eigenvalue weighted by Crippen LogP contribution is 2.27. The Bertz CT molecular complexity index is 661. The molecule has 0 saturated carbocycles. The Morgan fingerprint density at radius 1 is 1.05 bits per heavy atom. The lowest BCUT2D eigenvalue weighted by Gasteiger charge is -2.11. The maximum Gasteiger partial charge on any atom is 0.337 e. The molecule has 2 aromatic carbocycles. The minimum Gasteiger partial charge on any atom is -0.496 e. The Kier molecular flexibility index (Phi) is 5.14. The summed E-state index contributed by atoms with van der Waals surface area (Å²) >= 11 is 0. The number of carbonyl (C=O) groups is 2. The normalized spacial score (nSPS) is 9.91. The van der Waals surface area contributed by atoms with Crippen molar-refractivity contribution >= 4 is 12.3 Å². The standard InChI is InChI=1S/C17H16O5/c1-20-15-4-3-5-16(14(15)10-18)22-11-12-6-8-13(9-7-12)17(19)21-2/h3-10H,11H2,1-2H3. The first-order chi connectivity index (χ1) is 10.7. The molecule has 0 N–H and O–H groups in total. The quantitative estimate of drug-likeness (QED) is 0.606. The number of esters is 1. The summed E-state index contributed by atoms with van der Waals surface area (Å²) < 4.78 is 15.4. The predicted molar refractivity (Wildman–Crippen MR) is 80.5 cm³/mol. The van der Waals surface area contributed by atoms with Crippen LogP contribution in [0.1, 0.15) is 26.3 Å². The van der Waals surface area contributed by atoms with Crippen molar-refractivity contribution in [2.24, 2.45) is 0 Å². The van der Waals surface area contributed by atoms with Crippen LogP contribution >= 0.6 is 0 Å². The zero-order valence-electron chi connectivity index (χ0n) is 12.4. The predicted octanol–water partition coefficient (Wildman–Crippen LogP) is 2.87. The molecule has 0 aliphatic rings. The molecule has 5 nitrogen and oxygen atoms in total. The molecule has 2 aromatic rings. The highest BCUT2D eigenvalue weighted by Gasteiger charge is 2.10. The number of hydrogen-bond donors (Lipinski definition) is 0. The second-order valence-corrected chi connectivity index (χ2v) is 4.47. The average Bonchev–Trinajstić information content (AvgIpc) is 2.59. The third kappa shape index (κ3) is 3.44. The van der Waals surface area contributed by atoms with Crippen LogP contribution in [0.3, 0.4) is 0 Å². The lowest BCUT2D eigenvalue weighted by Crippen LogP contribution is -2.03. The zero-order valence-corrected chi connectivity index (χ0v) is 12.4. The first kappa shape index (κ1) is 15.6. The summed E-state index contributed by atoms with van der Waals surface area (Å²) in [6.07, 6.45) is 0.703. The number of ether oxygens (including phenoxy) is 3. The summed E-state index contributed by atoms with van der Waals surface area (Å²) in [7, 11) is 2.83. The van der Waals surface area contributed by atoms with Gasteiger partial charge in [-0.15, -0.1) is 0 Å². The Morgan fingerprint density at radius 2 is 1.73 bits per heavy atom. The average molecular weight is 300 g/mol. The SMILES string of the molecule is COC(=O)c1ccc(COc2cccc(OC)c2C=O)cc1. The summed E-state index contributed by atoms with van der Waals surface area (Å²) in [5.74, 6) is 0.531. The van der Waals surface area contributed by atoms with Gasteiger partial charge in [0, 0.05) is 0 Å². The first-order valence-electron chi connectivity index (χ1n) is 6.61. The number of methoxy groups -OCH3 is 2. The van der Waals surface area contributed by atoms with Crippen LogP contribution in [0.2, 0.25) is 0 Å². The van der Waals surface area contributed by atoms with Crippen LogP contribution in [-0.2, 0) is 11.3 Å². The smallest absolute Gasteiger partial charge is 0.337 e. The lowest BCUT2D eigenvalue weighted by atomic mass is 10.1. The molecular formula is C17H16O5. The van der Waals surface area contributed by atoms with Crippen molar-refractivity contribution in [1.29, 1.82) is 0 Å². The van der Waals surface area contributed by atoms with Gasteiger partial charge in [0.2, 0.25) is 0 Å². The molecule has 0 heterocycles. The molecule has 0 spiro atoms. The van der Waals surface area contributed by atoms with Gasteiger partial charge in [-0.1, -0.05) is 18.2 Å². The molecule has 0 aliphatic heterocycles. The van der Waals surface area contributed by atoms with Gasteiger partial charge in [0.1, 0.15) is 18.1 Å². The van der Waals surface area contributed by atoms with Crippen molar-refractivity contribution in [2.45, 2.75) is 6.61 Å². The molecule has 0 bridgehead atoms. The van der Waals surface area contributed by atoms with Crippen molar-refractivity contribution in [3.63, 3.8) is 0 Å². The van der Waals surface area contributed by atoms with Crippen molar-refractivity contribution in [2.75, 3.05) is 14.2 Å². The molecule has 5 heteroatoms. The monoisotopic (exact) mass is 300 g/mol. The second kappa shape index (κ2) is 7.26. The maximum absolute atomic E-state index is 11.4. The Balaban J connectivity index is 2.10. The fourth-order valence-corrected chi connectivity index (χ4v) is 1.96. The highest BCUT2D eigenvalue weighted by atomic mass is 16.5. The molecule has 0 unspecified atom stereocenters. The minimum atomic E-state index is -0.386. The Labute approximate surface area is 128 Å². The largest absolute Gasteiger partial charge is 0.496 e. The number of carbonyl (C=O) groups excluding carboxylic acids is 2. The van der Waals surface area contributed by atoms with Crippen LogP contribution in [0.15, 0.2) is 42.5 Å². The van der Waals surface area contributed by atoms with E-state index in [1.54, 1.807) is 42.5 Å². The number of hydrogen-bond acceptors (Lipinski definition) is 5. The van der Waals surface area contributed by atoms with Crippen molar-refractivity contribution < 1.29 is 23.8 Å². The van der Waals surface area contributed by atoms with E-state index < -0.39 is 0 Å². The molecule has 0 aromatic heterocycles. The van der Waals surface area contributed by atoms with E-state index in [1.807, 2.05) is 0 Å². The van der Waals surface area contributed by atoms with Gasteiger partial charge in [-0.25, -0.2) is 4.79 Å². The van der Waals surface area contributed by atoms with Crippen LogP contribution in [0.4, 0.5) is 0 Å². The molecule has 0 atom stereocenters. The van der Waals surface area contributed by atoms with E-state index in [9.17, 15) is 9.59 Å². The third-order valence-electron chi connectivity index (χ3n) is 3.13. The van der Waals surface area contributed by atoms with E-state index in [0.717, 1.165) is 5.56 Å². The van der Waals surface area contributed by atoms with E-state index in [0.29, 0.717) is 28.9 Å². The molecule has 22 heavy (non-hydrogen) atoms. The van der Waals surface area contributed by atoms with Crippen molar-refractivity contribution in [3.8, 4) is 11.5 Å². The molecule has 0 radical (unpaired) electrons. The van der Waals surface area contributed by atoms with Crippen molar-refractivity contribution in [1.82, 2.24) is 0 Å². The molecule has 0 amide bonds. The summed E-state index contributed by atoms with van der Waals surface area (Å²) in [6, 6.07) is 12.0. The van der Waals surface area contributed by atoms with Gasteiger partial charge in [0.05, 0.1) is 25.3 Å². The fraction of sp³-hybridized carbons (Fsp3) is 0.176. The van der Waals surface area contributed by atoms with Crippen LogP contribution in [-0.4, -0.2) is 26.5 Å². The zero-order chi connectivity index (χ0) is 15.9. The summed E-state index contributed by atoms with van der Waals surface area (Å²) in [5.41, 5.74) is 1.71. The maximum atomic E-state index is 11.4. The number of rotatable bonds is 6. The molecule has 2 rings (SSSR count). The van der Waals surface area contributed by atoms with Crippen LogP contribution < -0.4 is 9.47 Å². The van der Waals surface area contributed by atoms with Gasteiger partial charge in [0.15, 0.2) is 6.29 Å². The van der Waals surface area contributed by atoms with Gasteiger partial charge in [-0.3, -0.25) is 4.79 Å². The number of benzene rings is 2. The second-order valence-electron chi connectivity index (χ2n) is 4.47. The highest BCUT2D eigenvalue weighted by molar-refractivity contribution is 5.89. The summed E-state index contributed by atoms with van der Waals surface area (Å²) in [4.78, 5) is 22.5. The van der Waals surface area contributed by atoms with E-state index >= 15 is 0 Å². The van der Waals surface area contributed by atoms with E-state index in [-0.39, 0.29) is 12.6 Å². The van der Waals surface area contributed by atoms with Gasteiger partial charge in [-0.2, -0.15) is 0 Å². The van der Waals surface area contributed by atoms with Crippen LogP contribution in [0, 0.1) is 0 Å². The molecule has 0 aliphatic carbocycles. The molecule has 114 valence electrons. The van der Waals surface area contributed by atoms with E-state index in [4.69, 9.17) is 9.47 Å². The molecule has 0 fully saturated rings. The third-order valence-corrected chi connectivity index (χ3v) is 3.13. The summed E-state index contributed by atoms with van der Waals surface area (Å²) in [5, 5.41) is 0. The Hall–Kier alpha value is -2.82. The van der Waals surface area contributed by atoms with Gasteiger partial charge < -0.3 is 14.2 Å². The minimum absolute atomic E-state index is 0.273. The fourth-order valence-electron chi connectivity index (χ4n) is 1.96.